The zero-order chi connectivity index (χ0) is 7.82. The smallest absolute Gasteiger partial charge is 0.165 e. The maximum atomic E-state index is 8.04. The Morgan fingerprint density at radius 2 is 1.70 bits per heavy atom. The average molecular weight is 141 g/mol. The van der Waals surface area contributed by atoms with Crippen LogP contribution in [0, 0.1) is 0 Å². The lowest BCUT2D eigenvalue weighted by atomic mass is 10.3. The van der Waals surface area contributed by atoms with Crippen LogP contribution in [0.25, 0.3) is 0 Å². The first kappa shape index (κ1) is 8.94. The van der Waals surface area contributed by atoms with E-state index in [0.717, 1.165) is 0 Å². The van der Waals surface area contributed by atoms with E-state index < -0.39 is 0 Å². The fourth-order valence-corrected chi connectivity index (χ4v) is 0.481. The summed E-state index contributed by atoms with van der Waals surface area (Å²) in [6.07, 6.45) is 0. The van der Waals surface area contributed by atoms with Gasteiger partial charge in [-0.25, -0.2) is 5.26 Å². The molecule has 0 aliphatic heterocycles. The maximum absolute atomic E-state index is 8.04. The van der Waals surface area contributed by atoms with Crippen molar-refractivity contribution in [2.75, 3.05) is 7.05 Å². The molecular formula is C7H11NO2. The fraction of sp³-hybridized carbons (Fsp3) is 0.143. The first-order valence-electron chi connectivity index (χ1n) is 2.87. The van der Waals surface area contributed by atoms with Crippen molar-refractivity contribution in [2.24, 2.45) is 5.73 Å². The van der Waals surface area contributed by atoms with E-state index in [1.165, 1.54) is 7.05 Å². The van der Waals surface area contributed by atoms with Crippen LogP contribution in [0.5, 0.6) is 5.75 Å². The Kier molecular flexibility index (Phi) is 5.42. The van der Waals surface area contributed by atoms with Gasteiger partial charge in [0.15, 0.2) is 5.75 Å². The van der Waals surface area contributed by atoms with Gasteiger partial charge in [-0.15, -0.1) is 0 Å². The topological polar surface area (TPSA) is 55.5 Å². The highest BCUT2D eigenvalue weighted by Gasteiger charge is 1.82. The summed E-state index contributed by atoms with van der Waals surface area (Å²) >= 11 is 0. The van der Waals surface area contributed by atoms with Crippen molar-refractivity contribution in [1.82, 2.24) is 0 Å². The van der Waals surface area contributed by atoms with Gasteiger partial charge in [0.05, 0.1) is 0 Å². The lowest BCUT2D eigenvalue weighted by molar-refractivity contribution is -0.137. The van der Waals surface area contributed by atoms with Crippen molar-refractivity contribution in [3.63, 3.8) is 0 Å². The highest BCUT2D eigenvalue weighted by Crippen LogP contribution is 2.05. The number of para-hydroxylation sites is 1. The molecule has 0 unspecified atom stereocenters. The zero-order valence-electron chi connectivity index (χ0n) is 5.82. The van der Waals surface area contributed by atoms with Crippen LogP contribution in [0.2, 0.25) is 0 Å². The van der Waals surface area contributed by atoms with Crippen LogP contribution < -0.4 is 10.6 Å². The van der Waals surface area contributed by atoms with E-state index in [-0.39, 0.29) is 0 Å². The van der Waals surface area contributed by atoms with E-state index in [1.807, 2.05) is 6.07 Å². The van der Waals surface area contributed by atoms with E-state index in [4.69, 9.17) is 5.26 Å². The normalized spacial score (nSPS) is 7.50. The summed E-state index contributed by atoms with van der Waals surface area (Å²) in [6, 6.07) is 8.75. The third kappa shape index (κ3) is 3.06. The lowest BCUT2D eigenvalue weighted by Gasteiger charge is -1.90. The summed E-state index contributed by atoms with van der Waals surface area (Å²) in [6.45, 7) is 0. The number of benzene rings is 1. The highest BCUT2D eigenvalue weighted by atomic mass is 17.1. The molecule has 0 amide bonds. The Morgan fingerprint density at radius 1 is 1.20 bits per heavy atom. The van der Waals surface area contributed by atoms with Crippen LogP contribution in [-0.4, -0.2) is 12.3 Å². The van der Waals surface area contributed by atoms with Gasteiger partial charge >= 0.3 is 0 Å². The van der Waals surface area contributed by atoms with Crippen molar-refractivity contribution in [3.05, 3.63) is 30.3 Å². The van der Waals surface area contributed by atoms with E-state index in [9.17, 15) is 0 Å². The van der Waals surface area contributed by atoms with Crippen molar-refractivity contribution in [1.29, 1.82) is 0 Å². The molecule has 0 atom stereocenters. The summed E-state index contributed by atoms with van der Waals surface area (Å²) < 4.78 is 0. The van der Waals surface area contributed by atoms with Gasteiger partial charge in [0, 0.05) is 0 Å². The third-order valence-electron chi connectivity index (χ3n) is 0.849. The van der Waals surface area contributed by atoms with Gasteiger partial charge in [-0.1, -0.05) is 18.2 Å². The van der Waals surface area contributed by atoms with Crippen LogP contribution in [0.15, 0.2) is 30.3 Å². The van der Waals surface area contributed by atoms with Gasteiger partial charge in [0.1, 0.15) is 0 Å². The number of nitrogens with two attached hydrogens (primary N) is 1. The molecule has 1 aromatic rings. The molecule has 0 radical (unpaired) electrons. The molecule has 3 nitrogen and oxygen atoms in total. The molecule has 0 saturated carbocycles. The van der Waals surface area contributed by atoms with E-state index in [2.05, 4.69) is 10.6 Å². The molecule has 0 saturated heterocycles. The SMILES string of the molecule is CN.OOc1ccccc1. The lowest BCUT2D eigenvalue weighted by Crippen LogP contribution is -1.79. The maximum Gasteiger partial charge on any atom is 0.165 e. The van der Waals surface area contributed by atoms with E-state index >= 15 is 0 Å². The Labute approximate surface area is 60.0 Å². The minimum absolute atomic E-state index is 0.465. The minimum atomic E-state index is 0.465. The van der Waals surface area contributed by atoms with Crippen molar-refractivity contribution in [3.8, 4) is 5.75 Å². The minimum Gasteiger partial charge on any atom is -0.340 e. The first-order chi connectivity index (χ1) is 4.93. The van der Waals surface area contributed by atoms with Gasteiger partial charge in [-0.3, -0.25) is 0 Å². The largest absolute Gasteiger partial charge is 0.340 e. The molecule has 0 aliphatic carbocycles. The molecule has 0 aliphatic rings. The summed E-state index contributed by atoms with van der Waals surface area (Å²) in [7, 11) is 1.50. The zero-order valence-corrected chi connectivity index (χ0v) is 5.82. The Hall–Kier alpha value is -1.06. The second-order valence-corrected chi connectivity index (χ2v) is 1.40. The van der Waals surface area contributed by atoms with Gasteiger partial charge < -0.3 is 10.6 Å². The van der Waals surface area contributed by atoms with Gasteiger partial charge in [0.2, 0.25) is 0 Å². The second kappa shape index (κ2) is 6.07. The molecule has 1 rings (SSSR count). The number of hydrogen-bond acceptors (Lipinski definition) is 3. The van der Waals surface area contributed by atoms with Crippen molar-refractivity contribution < 1.29 is 10.1 Å². The number of hydrogen-bond donors (Lipinski definition) is 2. The van der Waals surface area contributed by atoms with Crippen LogP contribution in [0.3, 0.4) is 0 Å². The summed E-state index contributed by atoms with van der Waals surface area (Å²) in [5.41, 5.74) is 4.50. The molecule has 0 bridgehead atoms. The van der Waals surface area contributed by atoms with Gasteiger partial charge in [-0.05, 0) is 19.2 Å². The predicted molar refractivity (Wildman–Crippen MR) is 39.8 cm³/mol. The Bertz CT molecular complexity index is 153. The first-order valence-corrected chi connectivity index (χ1v) is 2.87. The molecule has 0 aromatic heterocycles. The van der Waals surface area contributed by atoms with E-state index in [1.54, 1.807) is 24.3 Å². The predicted octanol–water partition coefficient (Wildman–Crippen LogP) is 1.11. The van der Waals surface area contributed by atoms with Crippen molar-refractivity contribution in [2.45, 2.75) is 0 Å². The molecule has 0 fully saturated rings. The standard InChI is InChI=1S/C6H6O2.CH5N/c7-8-6-4-2-1-3-5-6;1-2/h1-5,7H;2H2,1H3. The molecule has 0 spiro atoms. The fourth-order valence-electron chi connectivity index (χ4n) is 0.481. The molecule has 1 aromatic carbocycles. The summed E-state index contributed by atoms with van der Waals surface area (Å²) in [4.78, 5) is 3.91. The molecule has 3 N–H and O–H groups in total. The van der Waals surface area contributed by atoms with Crippen LogP contribution in [0.1, 0.15) is 0 Å². The summed E-state index contributed by atoms with van der Waals surface area (Å²) in [5, 5.41) is 8.04. The molecular weight excluding hydrogens is 130 g/mol. The second-order valence-electron chi connectivity index (χ2n) is 1.40. The molecule has 56 valence electrons. The van der Waals surface area contributed by atoms with Gasteiger partial charge in [-0.2, -0.15) is 0 Å². The van der Waals surface area contributed by atoms with Crippen molar-refractivity contribution >= 4 is 0 Å². The Balaban J connectivity index is 0.000000371. The number of rotatable bonds is 1. The highest BCUT2D eigenvalue weighted by molar-refractivity contribution is 5.19. The molecule has 0 heterocycles. The van der Waals surface area contributed by atoms with Crippen LogP contribution in [-0.2, 0) is 0 Å². The Morgan fingerprint density at radius 3 is 2.00 bits per heavy atom. The third-order valence-corrected chi connectivity index (χ3v) is 0.849. The molecule has 10 heavy (non-hydrogen) atoms. The van der Waals surface area contributed by atoms with Gasteiger partial charge in [0.25, 0.3) is 0 Å². The van der Waals surface area contributed by atoms with Crippen LogP contribution >= 0.6 is 0 Å². The quantitative estimate of drug-likeness (QED) is 0.455. The summed E-state index contributed by atoms with van der Waals surface area (Å²) in [5.74, 6) is 0.465. The van der Waals surface area contributed by atoms with E-state index in [0.29, 0.717) is 5.75 Å². The molecule has 3 heteroatoms. The average Bonchev–Trinajstić information content (AvgIpc) is 2.10. The monoisotopic (exact) mass is 141 g/mol. The van der Waals surface area contributed by atoms with Crippen LogP contribution in [0.4, 0.5) is 0 Å².